The number of carbonyl (C=O) groups excluding carboxylic acids is 1. The number of aliphatic imine (C=N–C) groups is 2. The molecule has 0 fully saturated rings. The van der Waals surface area contributed by atoms with E-state index in [0.29, 0.717) is 17.1 Å². The summed E-state index contributed by atoms with van der Waals surface area (Å²) >= 11 is 0. The zero-order valence-corrected chi connectivity index (χ0v) is 12.3. The minimum atomic E-state index is -0.433. The maximum Gasteiger partial charge on any atom is 0.341 e. The SMILES string of the molecule is CCCC=NC(=NC)c1ccc(C(=O)OC)c(OC)c1. The van der Waals surface area contributed by atoms with Crippen LogP contribution in [0.25, 0.3) is 0 Å². The summed E-state index contributed by atoms with van der Waals surface area (Å²) in [6.45, 7) is 2.09. The topological polar surface area (TPSA) is 60.2 Å². The van der Waals surface area contributed by atoms with Crippen LogP contribution >= 0.6 is 0 Å². The smallest absolute Gasteiger partial charge is 0.341 e. The van der Waals surface area contributed by atoms with Crippen molar-refractivity contribution in [3.05, 3.63) is 29.3 Å². The molecule has 0 saturated carbocycles. The van der Waals surface area contributed by atoms with Gasteiger partial charge in [-0.05, 0) is 18.6 Å². The van der Waals surface area contributed by atoms with E-state index in [2.05, 4.69) is 16.9 Å². The molecule has 0 heterocycles. The second-order valence-corrected chi connectivity index (χ2v) is 4.05. The maximum absolute atomic E-state index is 11.6. The molecule has 0 N–H and O–H groups in total. The molecule has 0 aliphatic carbocycles. The largest absolute Gasteiger partial charge is 0.496 e. The Labute approximate surface area is 119 Å². The number of hydrogen-bond acceptors (Lipinski definition) is 4. The Bertz CT molecular complexity index is 522. The Kier molecular flexibility index (Phi) is 6.43. The Hall–Kier alpha value is -2.17. The third-order valence-electron chi connectivity index (χ3n) is 2.71. The molecule has 0 aromatic heterocycles. The van der Waals surface area contributed by atoms with Crippen molar-refractivity contribution < 1.29 is 14.3 Å². The van der Waals surface area contributed by atoms with Gasteiger partial charge < -0.3 is 9.47 Å². The molecule has 0 amide bonds. The molecule has 0 aliphatic rings. The lowest BCUT2D eigenvalue weighted by atomic mass is 10.1. The molecule has 108 valence electrons. The van der Waals surface area contributed by atoms with Crippen LogP contribution in [0.4, 0.5) is 0 Å². The fourth-order valence-corrected chi connectivity index (χ4v) is 1.65. The molecular formula is C15H20N2O3. The molecule has 1 rings (SSSR count). The van der Waals surface area contributed by atoms with E-state index in [0.717, 1.165) is 18.4 Å². The summed E-state index contributed by atoms with van der Waals surface area (Å²) in [6.07, 6.45) is 3.77. The van der Waals surface area contributed by atoms with Gasteiger partial charge >= 0.3 is 5.97 Å². The molecule has 5 nitrogen and oxygen atoms in total. The van der Waals surface area contributed by atoms with Crippen LogP contribution in [0.2, 0.25) is 0 Å². The summed E-state index contributed by atoms with van der Waals surface area (Å²) in [4.78, 5) is 20.1. The highest BCUT2D eigenvalue weighted by Crippen LogP contribution is 2.21. The van der Waals surface area contributed by atoms with E-state index in [4.69, 9.17) is 9.47 Å². The van der Waals surface area contributed by atoms with E-state index in [9.17, 15) is 4.79 Å². The summed E-state index contributed by atoms with van der Waals surface area (Å²) in [5.41, 5.74) is 1.18. The number of esters is 1. The van der Waals surface area contributed by atoms with E-state index < -0.39 is 5.97 Å². The van der Waals surface area contributed by atoms with Gasteiger partial charge in [0.15, 0.2) is 5.84 Å². The predicted molar refractivity (Wildman–Crippen MR) is 80.2 cm³/mol. The second kappa shape index (κ2) is 8.09. The molecule has 0 aliphatic heterocycles. The number of amidine groups is 1. The molecule has 0 atom stereocenters. The van der Waals surface area contributed by atoms with Gasteiger partial charge in [0.25, 0.3) is 0 Å². The third kappa shape index (κ3) is 3.91. The molecule has 1 aromatic rings. The zero-order chi connectivity index (χ0) is 15.0. The molecule has 1 aromatic carbocycles. The number of hydrogen-bond donors (Lipinski definition) is 0. The first kappa shape index (κ1) is 15.9. The van der Waals surface area contributed by atoms with Gasteiger partial charge in [0.2, 0.25) is 0 Å². The Morgan fingerprint density at radius 1 is 1.35 bits per heavy atom. The van der Waals surface area contributed by atoms with Gasteiger partial charge in [-0.2, -0.15) is 0 Å². The average Bonchev–Trinajstić information content (AvgIpc) is 2.50. The number of unbranched alkanes of at least 4 members (excludes halogenated alkanes) is 1. The van der Waals surface area contributed by atoms with Crippen LogP contribution in [0.1, 0.15) is 35.7 Å². The van der Waals surface area contributed by atoms with Crippen molar-refractivity contribution in [3.8, 4) is 5.75 Å². The molecule has 5 heteroatoms. The quantitative estimate of drug-likeness (QED) is 0.472. The lowest BCUT2D eigenvalue weighted by Crippen LogP contribution is -2.06. The summed E-state index contributed by atoms with van der Waals surface area (Å²) in [5.74, 6) is 0.618. The highest BCUT2D eigenvalue weighted by atomic mass is 16.5. The van der Waals surface area contributed by atoms with Gasteiger partial charge in [0.05, 0.1) is 14.2 Å². The maximum atomic E-state index is 11.6. The Morgan fingerprint density at radius 3 is 2.65 bits per heavy atom. The van der Waals surface area contributed by atoms with Crippen molar-refractivity contribution in [1.82, 2.24) is 0 Å². The molecule has 0 bridgehead atoms. The minimum absolute atomic E-state index is 0.381. The van der Waals surface area contributed by atoms with Crippen molar-refractivity contribution in [1.29, 1.82) is 0 Å². The third-order valence-corrected chi connectivity index (χ3v) is 2.71. The van der Waals surface area contributed by atoms with E-state index in [1.54, 1.807) is 25.2 Å². The van der Waals surface area contributed by atoms with Gasteiger partial charge in [0.1, 0.15) is 11.3 Å². The molecule has 0 unspecified atom stereocenters. The Balaban J connectivity index is 3.11. The normalized spacial score (nSPS) is 11.7. The molecule has 20 heavy (non-hydrogen) atoms. The van der Waals surface area contributed by atoms with Gasteiger partial charge in [-0.25, -0.2) is 9.79 Å². The van der Waals surface area contributed by atoms with Crippen molar-refractivity contribution >= 4 is 18.0 Å². The first-order valence-electron chi connectivity index (χ1n) is 6.43. The number of carbonyl (C=O) groups is 1. The van der Waals surface area contributed by atoms with Crippen LogP contribution in [0.5, 0.6) is 5.75 Å². The van der Waals surface area contributed by atoms with E-state index in [-0.39, 0.29) is 0 Å². The van der Waals surface area contributed by atoms with E-state index >= 15 is 0 Å². The monoisotopic (exact) mass is 276 g/mol. The van der Waals surface area contributed by atoms with Crippen LogP contribution in [-0.4, -0.2) is 39.3 Å². The van der Waals surface area contributed by atoms with Crippen molar-refractivity contribution in [2.75, 3.05) is 21.3 Å². The molecule has 0 saturated heterocycles. The fourth-order valence-electron chi connectivity index (χ4n) is 1.65. The number of rotatable bonds is 5. The highest BCUT2D eigenvalue weighted by Gasteiger charge is 2.14. The van der Waals surface area contributed by atoms with Crippen LogP contribution in [-0.2, 0) is 4.74 Å². The first-order valence-corrected chi connectivity index (χ1v) is 6.43. The highest BCUT2D eigenvalue weighted by molar-refractivity contribution is 6.04. The van der Waals surface area contributed by atoms with Gasteiger partial charge in [0, 0.05) is 18.8 Å². The van der Waals surface area contributed by atoms with Crippen LogP contribution in [0.3, 0.4) is 0 Å². The summed E-state index contributed by atoms with van der Waals surface area (Å²) in [6, 6.07) is 5.17. The molecule has 0 radical (unpaired) electrons. The number of benzene rings is 1. The van der Waals surface area contributed by atoms with Crippen molar-refractivity contribution in [2.45, 2.75) is 19.8 Å². The number of ether oxygens (including phenoxy) is 2. The standard InChI is InChI=1S/C15H20N2O3/c1-5-6-9-17-14(16-2)11-7-8-12(15(18)20-4)13(10-11)19-3/h7-10H,5-6H2,1-4H3. The molecular weight excluding hydrogens is 256 g/mol. The fraction of sp³-hybridized carbons (Fsp3) is 0.400. The average molecular weight is 276 g/mol. The first-order chi connectivity index (χ1) is 9.67. The van der Waals surface area contributed by atoms with Gasteiger partial charge in [-0.15, -0.1) is 0 Å². The zero-order valence-electron chi connectivity index (χ0n) is 12.3. The van der Waals surface area contributed by atoms with Crippen LogP contribution < -0.4 is 4.74 Å². The van der Waals surface area contributed by atoms with Crippen molar-refractivity contribution in [2.24, 2.45) is 9.98 Å². The van der Waals surface area contributed by atoms with Crippen molar-refractivity contribution in [3.63, 3.8) is 0 Å². The molecule has 0 spiro atoms. The van der Waals surface area contributed by atoms with E-state index in [1.807, 2.05) is 6.21 Å². The van der Waals surface area contributed by atoms with E-state index in [1.165, 1.54) is 14.2 Å². The second-order valence-electron chi connectivity index (χ2n) is 4.05. The van der Waals surface area contributed by atoms with Gasteiger partial charge in [-0.3, -0.25) is 4.99 Å². The summed E-state index contributed by atoms with van der Waals surface area (Å²) < 4.78 is 9.93. The van der Waals surface area contributed by atoms with Crippen LogP contribution in [0, 0.1) is 0 Å². The summed E-state index contributed by atoms with van der Waals surface area (Å²) in [7, 11) is 4.53. The minimum Gasteiger partial charge on any atom is -0.496 e. The van der Waals surface area contributed by atoms with Gasteiger partial charge in [-0.1, -0.05) is 19.4 Å². The number of nitrogens with zero attached hydrogens (tertiary/aromatic N) is 2. The lowest BCUT2D eigenvalue weighted by molar-refractivity contribution is 0.0597. The summed E-state index contributed by atoms with van der Waals surface area (Å²) in [5, 5.41) is 0. The Morgan fingerprint density at radius 2 is 2.10 bits per heavy atom. The number of methoxy groups -OCH3 is 2. The van der Waals surface area contributed by atoms with Crippen LogP contribution in [0.15, 0.2) is 28.2 Å². The lowest BCUT2D eigenvalue weighted by Gasteiger charge is -2.09. The predicted octanol–water partition coefficient (Wildman–Crippen LogP) is 2.73.